The highest BCUT2D eigenvalue weighted by Gasteiger charge is 2.53. The van der Waals surface area contributed by atoms with Gasteiger partial charge in [0.25, 0.3) is 0 Å². The molecule has 4 saturated heterocycles. The SMILES string of the molecule is O=C(O)N[C@H]1CCC[C@@H]1C(CN1CCC1)(c1cccc(F)c1)C1CCN(C[C@@H]2CCN(c3ccc(S(=O)(=O)c4cccc(NC(=O)/C=C/CN5CCCCC5)c4)cc3)C2)CC1. The van der Waals surface area contributed by atoms with E-state index in [4.69, 9.17) is 0 Å². The van der Waals surface area contributed by atoms with Crippen LogP contribution in [-0.4, -0.2) is 118 Å². The Morgan fingerprint density at radius 2 is 1.52 bits per heavy atom. The fraction of sp³-hybridized carbons (Fsp3) is 0.542. The van der Waals surface area contributed by atoms with E-state index < -0.39 is 15.9 Å². The van der Waals surface area contributed by atoms with Gasteiger partial charge in [0.05, 0.1) is 9.79 Å². The first-order chi connectivity index (χ1) is 29.6. The summed E-state index contributed by atoms with van der Waals surface area (Å²) in [6, 6.07) is 20.6. The molecule has 11 nitrogen and oxygen atoms in total. The lowest BCUT2D eigenvalue weighted by molar-refractivity contribution is -0.111. The maximum Gasteiger partial charge on any atom is 0.404 e. The van der Waals surface area contributed by atoms with Crippen molar-refractivity contribution in [3.8, 4) is 0 Å². The lowest BCUT2D eigenvalue weighted by atomic mass is 9.57. The second-order valence-corrected chi connectivity index (χ2v) is 20.2. The van der Waals surface area contributed by atoms with Crippen LogP contribution in [0.15, 0.2) is 94.7 Å². The zero-order valence-electron chi connectivity index (χ0n) is 35.4. The van der Waals surface area contributed by atoms with E-state index in [1.807, 2.05) is 24.3 Å². The highest BCUT2D eigenvalue weighted by molar-refractivity contribution is 7.91. The number of carbonyl (C=O) groups excluding carboxylic acids is 1. The topological polar surface area (TPSA) is 126 Å². The number of carboxylic acid groups (broad SMARTS) is 1. The maximum absolute atomic E-state index is 15.0. The minimum atomic E-state index is -3.81. The van der Waals surface area contributed by atoms with Crippen LogP contribution in [0, 0.1) is 23.6 Å². The van der Waals surface area contributed by atoms with Crippen LogP contribution in [0.25, 0.3) is 0 Å². The molecule has 3 N–H and O–H groups in total. The van der Waals surface area contributed by atoms with E-state index in [1.54, 1.807) is 36.4 Å². The number of nitrogens with zero attached hydrogens (tertiary/aromatic N) is 4. The number of nitrogens with one attached hydrogen (secondary N) is 2. The van der Waals surface area contributed by atoms with Gasteiger partial charge >= 0.3 is 6.09 Å². The van der Waals surface area contributed by atoms with Crippen LogP contribution in [0.1, 0.15) is 69.8 Å². The van der Waals surface area contributed by atoms with E-state index in [1.165, 1.54) is 37.5 Å². The molecule has 1 saturated carbocycles. The second-order valence-electron chi connectivity index (χ2n) is 18.2. The fourth-order valence-electron chi connectivity index (χ4n) is 11.2. The summed E-state index contributed by atoms with van der Waals surface area (Å²) in [5.41, 5.74) is 2.12. The van der Waals surface area contributed by atoms with Crippen LogP contribution >= 0.6 is 0 Å². The Bertz CT molecular complexity index is 2120. The van der Waals surface area contributed by atoms with Crippen molar-refractivity contribution >= 4 is 33.2 Å². The number of benzene rings is 3. The monoisotopic (exact) mass is 854 g/mol. The predicted molar refractivity (Wildman–Crippen MR) is 237 cm³/mol. The summed E-state index contributed by atoms with van der Waals surface area (Å²) in [5.74, 6) is 0.371. The molecule has 5 fully saturated rings. The molecule has 3 aromatic rings. The van der Waals surface area contributed by atoms with Crippen molar-refractivity contribution in [1.29, 1.82) is 0 Å². The van der Waals surface area contributed by atoms with Crippen LogP contribution in [0.4, 0.5) is 20.6 Å². The molecule has 328 valence electrons. The van der Waals surface area contributed by atoms with E-state index in [2.05, 4.69) is 36.3 Å². The molecular weight excluding hydrogens is 792 g/mol. The molecule has 4 aliphatic heterocycles. The first-order valence-electron chi connectivity index (χ1n) is 22.7. The Hall–Kier alpha value is -4.30. The van der Waals surface area contributed by atoms with Crippen LogP contribution in [0.3, 0.4) is 0 Å². The normalized spacial score (nSPS) is 24.4. The number of anilines is 2. The first-order valence-corrected chi connectivity index (χ1v) is 24.2. The molecule has 2 amide bonds. The highest BCUT2D eigenvalue weighted by Crippen LogP contribution is 2.51. The number of carbonyl (C=O) groups is 2. The average molecular weight is 855 g/mol. The van der Waals surface area contributed by atoms with Crippen molar-refractivity contribution in [2.45, 2.75) is 85.5 Å². The minimum absolute atomic E-state index is 0.104. The zero-order valence-corrected chi connectivity index (χ0v) is 36.2. The minimum Gasteiger partial charge on any atom is -0.465 e. The Balaban J connectivity index is 0.874. The van der Waals surface area contributed by atoms with E-state index in [-0.39, 0.29) is 38.9 Å². The van der Waals surface area contributed by atoms with Gasteiger partial charge in [-0.05, 0) is 169 Å². The number of hydrogen-bond donors (Lipinski definition) is 3. The molecule has 0 aromatic heterocycles. The Morgan fingerprint density at radius 1 is 0.770 bits per heavy atom. The van der Waals surface area contributed by atoms with Crippen molar-refractivity contribution in [2.75, 3.05) is 82.2 Å². The summed E-state index contributed by atoms with van der Waals surface area (Å²) in [7, 11) is -3.81. The maximum atomic E-state index is 15.0. The van der Waals surface area contributed by atoms with E-state index >= 15 is 4.39 Å². The molecule has 0 bridgehead atoms. The number of hydrogen-bond acceptors (Lipinski definition) is 8. The molecule has 13 heteroatoms. The summed E-state index contributed by atoms with van der Waals surface area (Å²) in [5, 5.41) is 15.5. The molecule has 0 spiro atoms. The molecule has 8 rings (SSSR count). The van der Waals surface area contributed by atoms with Gasteiger partial charge in [0.2, 0.25) is 15.7 Å². The lowest BCUT2D eigenvalue weighted by Gasteiger charge is -2.53. The van der Waals surface area contributed by atoms with Crippen LogP contribution in [0.5, 0.6) is 0 Å². The molecule has 61 heavy (non-hydrogen) atoms. The zero-order chi connectivity index (χ0) is 42.4. The predicted octanol–water partition coefficient (Wildman–Crippen LogP) is 7.26. The number of likely N-dealkylation sites (tertiary alicyclic amines) is 3. The fourth-order valence-corrected chi connectivity index (χ4v) is 12.6. The molecular formula is C48H63FN6O5S. The standard InChI is InChI=1S/C48H63FN6O5S/c49-39-10-4-9-38(31-39)48(35-54-26-8-27-54,44-13-6-14-45(44)51-47(57)58)37-21-28-53(29-22-37)33-36-20-30-55(34-36)41-16-18-42(19-17-41)61(59,60)43-12-5-11-40(32-43)50-46(56)15-7-25-52-23-2-1-3-24-52/h4-5,7,9-12,15-19,31-32,36-37,44-45,51H,1-3,6,8,13-14,20-30,33-35H2,(H,50,56)(H,57,58)/b15-7+/t36-,44-,45-,48?/m0/s1. The van der Waals surface area contributed by atoms with E-state index in [9.17, 15) is 23.1 Å². The van der Waals surface area contributed by atoms with Crippen molar-refractivity contribution < 1.29 is 27.5 Å². The number of halogens is 1. The van der Waals surface area contributed by atoms with Gasteiger partial charge in [-0.15, -0.1) is 0 Å². The van der Waals surface area contributed by atoms with E-state index in [0.717, 1.165) is 128 Å². The molecule has 1 aliphatic carbocycles. The largest absolute Gasteiger partial charge is 0.465 e. The van der Waals surface area contributed by atoms with Gasteiger partial charge in [0.15, 0.2) is 0 Å². The van der Waals surface area contributed by atoms with E-state index in [0.29, 0.717) is 17.5 Å². The van der Waals surface area contributed by atoms with Crippen molar-refractivity contribution in [2.24, 2.45) is 17.8 Å². The summed E-state index contributed by atoms with van der Waals surface area (Å²) in [4.78, 5) is 34.7. The van der Waals surface area contributed by atoms with Gasteiger partial charge in [-0.25, -0.2) is 17.6 Å². The number of amides is 2. The summed E-state index contributed by atoms with van der Waals surface area (Å²) >= 11 is 0. The van der Waals surface area contributed by atoms with Gasteiger partial charge in [0, 0.05) is 61.6 Å². The smallest absolute Gasteiger partial charge is 0.404 e. The van der Waals surface area contributed by atoms with Crippen LogP contribution in [0.2, 0.25) is 0 Å². The molecule has 1 unspecified atom stereocenters. The number of piperidine rings is 2. The summed E-state index contributed by atoms with van der Waals surface area (Å²) in [6.07, 6.45) is 12.9. The number of sulfone groups is 1. The third-order valence-corrected chi connectivity index (χ3v) is 16.2. The van der Waals surface area contributed by atoms with Gasteiger partial charge < -0.3 is 30.4 Å². The van der Waals surface area contributed by atoms with Gasteiger partial charge in [0.1, 0.15) is 5.82 Å². The second kappa shape index (κ2) is 19.4. The molecule has 4 atom stereocenters. The summed E-state index contributed by atoms with van der Waals surface area (Å²) in [6.45, 7) is 10.4. The third kappa shape index (κ3) is 10.2. The molecule has 5 aliphatic rings. The molecule has 3 aromatic carbocycles. The van der Waals surface area contributed by atoms with Crippen molar-refractivity contribution in [3.05, 3.63) is 96.3 Å². The van der Waals surface area contributed by atoms with Crippen molar-refractivity contribution in [1.82, 2.24) is 20.0 Å². The van der Waals surface area contributed by atoms with Crippen molar-refractivity contribution in [3.63, 3.8) is 0 Å². The average Bonchev–Trinajstić information content (AvgIpc) is 3.91. The number of rotatable bonds is 15. The van der Waals surface area contributed by atoms with Crippen LogP contribution < -0.4 is 15.5 Å². The van der Waals surface area contributed by atoms with Gasteiger partial charge in [-0.2, -0.15) is 0 Å². The molecule has 0 radical (unpaired) electrons. The van der Waals surface area contributed by atoms with Gasteiger partial charge in [-0.3, -0.25) is 9.69 Å². The highest BCUT2D eigenvalue weighted by atomic mass is 32.2. The van der Waals surface area contributed by atoms with Gasteiger partial charge in [-0.1, -0.05) is 37.1 Å². The molecule has 4 heterocycles. The third-order valence-electron chi connectivity index (χ3n) is 14.4. The first kappa shape index (κ1) is 43.4. The van der Waals surface area contributed by atoms with Crippen LogP contribution in [-0.2, 0) is 20.0 Å². The summed E-state index contributed by atoms with van der Waals surface area (Å²) < 4.78 is 42.4. The lowest BCUT2D eigenvalue weighted by Crippen LogP contribution is -2.59. The Labute approximate surface area is 361 Å². The Morgan fingerprint density at radius 3 is 2.25 bits per heavy atom. The quantitative estimate of drug-likeness (QED) is 0.136. The Kier molecular flexibility index (Phi) is 13.8.